The number of aliphatic hydroxyl groups excluding tert-OH is 1. The first-order valence-electron chi connectivity index (χ1n) is 9.84. The zero-order valence-electron chi connectivity index (χ0n) is 16.5. The number of aryl methyl sites for hydroxylation is 1. The Labute approximate surface area is 171 Å². The Kier molecular flexibility index (Phi) is 3.84. The van der Waals surface area contributed by atoms with Crippen molar-refractivity contribution in [2.75, 3.05) is 0 Å². The molecule has 5 rings (SSSR count). The Morgan fingerprint density at radius 2 is 2.07 bits per heavy atom. The van der Waals surface area contributed by atoms with Crippen LogP contribution in [0, 0.1) is 0 Å². The van der Waals surface area contributed by atoms with Crippen LogP contribution in [0.4, 0.5) is 0 Å². The Bertz CT molecular complexity index is 1310. The predicted molar refractivity (Wildman–Crippen MR) is 107 cm³/mol. The van der Waals surface area contributed by atoms with Gasteiger partial charge in [0.1, 0.15) is 12.4 Å². The van der Waals surface area contributed by atoms with E-state index in [-0.39, 0.29) is 29.9 Å². The Hall–Kier alpha value is -3.23. The summed E-state index contributed by atoms with van der Waals surface area (Å²) in [7, 11) is 0. The summed E-state index contributed by atoms with van der Waals surface area (Å²) < 4.78 is 6.26. The zero-order valence-corrected chi connectivity index (χ0v) is 16.5. The molecule has 30 heavy (non-hydrogen) atoms. The van der Waals surface area contributed by atoms with Gasteiger partial charge < -0.3 is 20.1 Å². The number of aromatic hydroxyl groups is 1. The standard InChI is InChI=1S/C22H20N2O6/c1-3-10-16-13(6-5-7-15(16)25)23-18-14-8-12-11(9-30-21(28)22(12,29)4-2)19(26)24(14)20(27)17(10)18/h5-8,20,25,27,29H,3-4,9H2,1-2H3/t20?,22-/m0/s1. The molecule has 3 aromatic rings. The average Bonchev–Trinajstić information content (AvgIpc) is 3.02. The fourth-order valence-corrected chi connectivity index (χ4v) is 4.66. The highest BCUT2D eigenvalue weighted by Crippen LogP contribution is 2.45. The van der Waals surface area contributed by atoms with Gasteiger partial charge in [-0.3, -0.25) is 9.36 Å². The van der Waals surface area contributed by atoms with Crippen molar-refractivity contribution in [2.24, 2.45) is 0 Å². The molecular formula is C22H20N2O6. The second kappa shape index (κ2) is 6.13. The second-order valence-corrected chi connectivity index (χ2v) is 7.64. The number of hydrogen-bond acceptors (Lipinski definition) is 7. The van der Waals surface area contributed by atoms with E-state index in [0.717, 1.165) is 0 Å². The van der Waals surface area contributed by atoms with Gasteiger partial charge in [0.05, 0.1) is 22.5 Å². The van der Waals surface area contributed by atoms with Gasteiger partial charge in [-0.15, -0.1) is 0 Å². The number of esters is 1. The van der Waals surface area contributed by atoms with Gasteiger partial charge in [-0.05, 0) is 36.6 Å². The van der Waals surface area contributed by atoms with E-state index >= 15 is 0 Å². The number of carbonyl (C=O) groups is 1. The molecule has 8 heteroatoms. The van der Waals surface area contributed by atoms with Crippen LogP contribution in [-0.2, 0) is 28.2 Å². The quantitative estimate of drug-likeness (QED) is 0.553. The van der Waals surface area contributed by atoms with Crippen molar-refractivity contribution in [1.29, 1.82) is 0 Å². The first-order chi connectivity index (χ1) is 14.3. The van der Waals surface area contributed by atoms with Crippen molar-refractivity contribution in [3.05, 3.63) is 56.9 Å². The highest BCUT2D eigenvalue weighted by atomic mass is 16.6. The van der Waals surface area contributed by atoms with Crippen molar-refractivity contribution >= 4 is 16.9 Å². The fourth-order valence-electron chi connectivity index (χ4n) is 4.66. The molecule has 0 aliphatic carbocycles. The SMILES string of the molecule is CCc1c2c(nc3cccc(O)c13)-c1cc3c(c(=O)n1C2O)COC(=O)[C@]3(O)CC. The van der Waals surface area contributed by atoms with Crippen molar-refractivity contribution < 1.29 is 24.9 Å². The molecule has 0 amide bonds. The lowest BCUT2D eigenvalue weighted by atomic mass is 9.86. The molecule has 8 nitrogen and oxygen atoms in total. The van der Waals surface area contributed by atoms with Crippen LogP contribution in [0.15, 0.2) is 29.1 Å². The number of hydrogen-bond donors (Lipinski definition) is 3. The van der Waals surface area contributed by atoms with Gasteiger partial charge in [0.15, 0.2) is 11.8 Å². The summed E-state index contributed by atoms with van der Waals surface area (Å²) in [4.78, 5) is 30.2. The van der Waals surface area contributed by atoms with Crippen LogP contribution in [-0.4, -0.2) is 30.8 Å². The van der Waals surface area contributed by atoms with Crippen LogP contribution < -0.4 is 5.56 Å². The molecule has 1 aromatic carbocycles. The lowest BCUT2D eigenvalue weighted by molar-refractivity contribution is -0.172. The number of pyridine rings is 2. The summed E-state index contributed by atoms with van der Waals surface area (Å²) in [6, 6.07) is 6.53. The molecule has 1 unspecified atom stereocenters. The van der Waals surface area contributed by atoms with Crippen molar-refractivity contribution in [2.45, 2.75) is 45.1 Å². The number of aliphatic hydroxyl groups is 2. The molecule has 4 heterocycles. The fraction of sp³-hybridized carbons (Fsp3) is 0.318. The van der Waals surface area contributed by atoms with Crippen molar-refractivity contribution in [3.8, 4) is 17.1 Å². The first-order valence-corrected chi connectivity index (χ1v) is 9.84. The van der Waals surface area contributed by atoms with E-state index in [1.165, 1.54) is 4.57 Å². The molecule has 2 aliphatic rings. The summed E-state index contributed by atoms with van der Waals surface area (Å²) >= 11 is 0. The molecule has 0 saturated carbocycles. The van der Waals surface area contributed by atoms with E-state index in [1.807, 2.05) is 6.92 Å². The van der Waals surface area contributed by atoms with E-state index in [9.17, 15) is 24.9 Å². The third-order valence-electron chi connectivity index (χ3n) is 6.22. The van der Waals surface area contributed by atoms with E-state index < -0.39 is 23.4 Å². The van der Waals surface area contributed by atoms with E-state index in [1.54, 1.807) is 31.2 Å². The topological polar surface area (TPSA) is 122 Å². The number of rotatable bonds is 2. The van der Waals surface area contributed by atoms with Crippen LogP contribution in [0.25, 0.3) is 22.3 Å². The summed E-state index contributed by atoms with van der Waals surface area (Å²) in [5.74, 6) is -0.750. The van der Waals surface area contributed by atoms with Gasteiger partial charge in [0, 0.05) is 16.5 Å². The molecule has 2 atom stereocenters. The van der Waals surface area contributed by atoms with Crippen molar-refractivity contribution in [3.63, 3.8) is 0 Å². The second-order valence-electron chi connectivity index (χ2n) is 7.64. The highest BCUT2D eigenvalue weighted by Gasteiger charge is 2.46. The van der Waals surface area contributed by atoms with Gasteiger partial charge >= 0.3 is 5.97 Å². The number of cyclic esters (lactones) is 1. The molecular weight excluding hydrogens is 388 g/mol. The van der Waals surface area contributed by atoms with Gasteiger partial charge in [-0.2, -0.15) is 0 Å². The molecule has 0 fully saturated rings. The summed E-state index contributed by atoms with van der Waals surface area (Å²) in [6.45, 7) is 3.26. The van der Waals surface area contributed by atoms with Gasteiger partial charge in [-0.1, -0.05) is 19.9 Å². The average molecular weight is 408 g/mol. The largest absolute Gasteiger partial charge is 0.507 e. The number of aromatic nitrogens is 2. The van der Waals surface area contributed by atoms with Crippen LogP contribution in [0.2, 0.25) is 0 Å². The predicted octanol–water partition coefficient (Wildman–Crippen LogP) is 1.84. The monoisotopic (exact) mass is 408 g/mol. The zero-order chi connectivity index (χ0) is 21.4. The molecule has 3 N–H and O–H groups in total. The number of fused-ring (bicyclic) bond motifs is 5. The van der Waals surface area contributed by atoms with Crippen LogP contribution >= 0.6 is 0 Å². The van der Waals surface area contributed by atoms with Crippen LogP contribution in [0.5, 0.6) is 5.75 Å². The molecule has 0 radical (unpaired) electrons. The normalized spacial score (nSPS) is 21.9. The molecule has 0 saturated heterocycles. The molecule has 0 bridgehead atoms. The third kappa shape index (κ3) is 2.15. The number of phenolic OH excluding ortho intramolecular Hbond substituents is 1. The number of benzene rings is 1. The lowest BCUT2D eigenvalue weighted by Gasteiger charge is -2.31. The van der Waals surface area contributed by atoms with Gasteiger partial charge in [-0.25, -0.2) is 9.78 Å². The summed E-state index contributed by atoms with van der Waals surface area (Å²) in [5, 5.41) is 33.0. The van der Waals surface area contributed by atoms with Crippen LogP contribution in [0.3, 0.4) is 0 Å². The lowest BCUT2D eigenvalue weighted by Crippen LogP contribution is -2.44. The molecule has 2 aromatic heterocycles. The Balaban J connectivity index is 1.90. The molecule has 0 spiro atoms. The van der Waals surface area contributed by atoms with Gasteiger partial charge in [0.2, 0.25) is 0 Å². The number of ether oxygens (including phenoxy) is 1. The first kappa shape index (κ1) is 18.8. The highest BCUT2D eigenvalue weighted by molar-refractivity contribution is 5.93. The molecule has 154 valence electrons. The van der Waals surface area contributed by atoms with E-state index in [4.69, 9.17) is 4.74 Å². The number of carbonyl (C=O) groups excluding carboxylic acids is 1. The van der Waals surface area contributed by atoms with E-state index in [2.05, 4.69) is 4.98 Å². The minimum Gasteiger partial charge on any atom is -0.507 e. The third-order valence-corrected chi connectivity index (χ3v) is 6.22. The smallest absolute Gasteiger partial charge is 0.343 e. The van der Waals surface area contributed by atoms with Gasteiger partial charge in [0.25, 0.3) is 5.56 Å². The Morgan fingerprint density at radius 3 is 2.77 bits per heavy atom. The van der Waals surface area contributed by atoms with Crippen molar-refractivity contribution in [1.82, 2.24) is 9.55 Å². The molecule has 2 aliphatic heterocycles. The minimum atomic E-state index is -1.93. The Morgan fingerprint density at radius 1 is 1.30 bits per heavy atom. The maximum absolute atomic E-state index is 13.3. The minimum absolute atomic E-state index is 0.0381. The number of phenols is 1. The summed E-state index contributed by atoms with van der Waals surface area (Å²) in [6.07, 6.45) is -0.762. The van der Waals surface area contributed by atoms with E-state index in [0.29, 0.717) is 39.8 Å². The maximum Gasteiger partial charge on any atom is 0.343 e. The number of nitrogens with zero attached hydrogens (tertiary/aromatic N) is 2. The maximum atomic E-state index is 13.3. The summed E-state index contributed by atoms with van der Waals surface area (Å²) in [5.41, 5.74) is 0.242. The van der Waals surface area contributed by atoms with Crippen LogP contribution in [0.1, 0.15) is 48.8 Å².